The number of esters is 1. The Morgan fingerprint density at radius 2 is 2.00 bits per heavy atom. The first-order valence-corrected chi connectivity index (χ1v) is 8.37. The van der Waals surface area contributed by atoms with Crippen molar-refractivity contribution in [3.05, 3.63) is 21.4 Å². The Hall–Kier alpha value is -1.36. The smallest absolute Gasteiger partial charge is 0.348 e. The third-order valence-corrected chi connectivity index (χ3v) is 5.14. The predicted octanol–water partition coefficient (Wildman–Crippen LogP) is 2.94. The van der Waals surface area contributed by atoms with Gasteiger partial charge in [-0.2, -0.15) is 0 Å². The lowest BCUT2D eigenvalue weighted by molar-refractivity contribution is -0.125. The Kier molecular flexibility index (Phi) is 5.39. The third kappa shape index (κ3) is 4.30. The predicted molar refractivity (Wildman–Crippen MR) is 83.7 cm³/mol. The zero-order valence-corrected chi connectivity index (χ0v) is 13.7. The number of carbonyl (C=O) groups is 2. The maximum Gasteiger partial charge on any atom is 0.348 e. The lowest BCUT2D eigenvalue weighted by atomic mass is 9.99. The Morgan fingerprint density at radius 1 is 1.29 bits per heavy atom. The van der Waals surface area contributed by atoms with Gasteiger partial charge in [-0.1, -0.05) is 13.8 Å². The van der Waals surface area contributed by atoms with Crippen molar-refractivity contribution >= 4 is 23.2 Å². The van der Waals surface area contributed by atoms with Crippen molar-refractivity contribution in [2.45, 2.75) is 52.5 Å². The summed E-state index contributed by atoms with van der Waals surface area (Å²) in [5.74, 6) is -0.277. The zero-order chi connectivity index (χ0) is 15.4. The van der Waals surface area contributed by atoms with Crippen molar-refractivity contribution in [2.75, 3.05) is 6.61 Å². The summed E-state index contributed by atoms with van der Waals surface area (Å²) in [6.07, 6.45) is 4.48. The fourth-order valence-corrected chi connectivity index (χ4v) is 3.40. The van der Waals surface area contributed by atoms with E-state index < -0.39 is 0 Å². The Balaban J connectivity index is 1.84. The molecule has 1 N–H and O–H groups in total. The number of thiophene rings is 1. The lowest BCUT2D eigenvalue weighted by Crippen LogP contribution is -2.38. The first-order chi connectivity index (χ1) is 9.97. The quantitative estimate of drug-likeness (QED) is 0.851. The number of rotatable bonds is 5. The molecule has 4 nitrogen and oxygen atoms in total. The number of fused-ring (bicyclic) bond motifs is 1. The van der Waals surface area contributed by atoms with E-state index in [9.17, 15) is 9.59 Å². The van der Waals surface area contributed by atoms with E-state index in [1.807, 2.05) is 26.8 Å². The highest BCUT2D eigenvalue weighted by Crippen LogP contribution is 2.29. The molecule has 1 atom stereocenters. The summed E-state index contributed by atoms with van der Waals surface area (Å²) in [4.78, 5) is 25.6. The molecule has 0 aromatic carbocycles. The average Bonchev–Trinajstić information content (AvgIpc) is 2.88. The van der Waals surface area contributed by atoms with Gasteiger partial charge in [0.2, 0.25) is 0 Å². The minimum absolute atomic E-state index is 0.0743. The highest BCUT2D eigenvalue weighted by Gasteiger charge is 2.19. The van der Waals surface area contributed by atoms with E-state index in [2.05, 4.69) is 5.32 Å². The second kappa shape index (κ2) is 7.07. The van der Waals surface area contributed by atoms with Gasteiger partial charge in [0.15, 0.2) is 6.61 Å². The molecule has 116 valence electrons. The standard InChI is InChI=1S/C16H23NO3S/c1-10(2)11(3)17-15(18)9-20-16(19)14-8-12-6-4-5-7-13(12)21-14/h8,10-11H,4-7,9H2,1-3H3,(H,17,18)/t11-/m1/s1. The highest BCUT2D eigenvalue weighted by molar-refractivity contribution is 7.14. The van der Waals surface area contributed by atoms with Crippen molar-refractivity contribution in [2.24, 2.45) is 5.92 Å². The van der Waals surface area contributed by atoms with E-state index >= 15 is 0 Å². The molecule has 0 fully saturated rings. The van der Waals surface area contributed by atoms with Gasteiger partial charge in [-0.3, -0.25) is 4.79 Å². The van der Waals surface area contributed by atoms with Crippen LogP contribution in [-0.2, 0) is 22.4 Å². The van der Waals surface area contributed by atoms with Gasteiger partial charge in [-0.05, 0) is 50.2 Å². The van der Waals surface area contributed by atoms with Crippen molar-refractivity contribution < 1.29 is 14.3 Å². The maximum absolute atomic E-state index is 12.0. The molecule has 0 radical (unpaired) electrons. The molecule has 1 aliphatic rings. The average molecular weight is 309 g/mol. The highest BCUT2D eigenvalue weighted by atomic mass is 32.1. The molecule has 0 spiro atoms. The van der Waals surface area contributed by atoms with E-state index in [0.717, 1.165) is 12.8 Å². The molecule has 0 saturated carbocycles. The van der Waals surface area contributed by atoms with Crippen molar-refractivity contribution in [3.8, 4) is 0 Å². The normalized spacial score (nSPS) is 15.4. The molecule has 5 heteroatoms. The Morgan fingerprint density at radius 3 is 2.67 bits per heavy atom. The van der Waals surface area contributed by atoms with Crippen LogP contribution in [0, 0.1) is 5.92 Å². The summed E-state index contributed by atoms with van der Waals surface area (Å²) in [7, 11) is 0. The molecule has 1 aromatic rings. The van der Waals surface area contributed by atoms with Crippen molar-refractivity contribution in [1.29, 1.82) is 0 Å². The zero-order valence-electron chi connectivity index (χ0n) is 12.9. The van der Waals surface area contributed by atoms with E-state index in [0.29, 0.717) is 10.8 Å². The van der Waals surface area contributed by atoms with Crippen LogP contribution in [-0.4, -0.2) is 24.5 Å². The SMILES string of the molecule is CC(C)[C@@H](C)NC(=O)COC(=O)c1cc2c(s1)CCCC2. The van der Waals surface area contributed by atoms with E-state index in [-0.39, 0.29) is 24.5 Å². The van der Waals surface area contributed by atoms with E-state index in [4.69, 9.17) is 4.74 Å². The van der Waals surface area contributed by atoms with Crippen LogP contribution in [0.5, 0.6) is 0 Å². The monoisotopic (exact) mass is 309 g/mol. The van der Waals surface area contributed by atoms with Gasteiger partial charge in [-0.25, -0.2) is 4.79 Å². The van der Waals surface area contributed by atoms with Crippen LogP contribution in [0.25, 0.3) is 0 Å². The Labute approximate surface area is 129 Å². The van der Waals surface area contributed by atoms with Crippen LogP contribution in [0.15, 0.2) is 6.07 Å². The van der Waals surface area contributed by atoms with Crippen LogP contribution >= 0.6 is 11.3 Å². The topological polar surface area (TPSA) is 55.4 Å². The van der Waals surface area contributed by atoms with Gasteiger partial charge in [0, 0.05) is 10.9 Å². The van der Waals surface area contributed by atoms with Gasteiger partial charge >= 0.3 is 5.97 Å². The van der Waals surface area contributed by atoms with Crippen LogP contribution in [0.4, 0.5) is 0 Å². The van der Waals surface area contributed by atoms with Crippen LogP contribution in [0.1, 0.15) is 53.7 Å². The molecule has 0 bridgehead atoms. The molecule has 21 heavy (non-hydrogen) atoms. The second-order valence-electron chi connectivity index (χ2n) is 5.94. The van der Waals surface area contributed by atoms with Crippen molar-refractivity contribution in [3.63, 3.8) is 0 Å². The molecule has 0 unspecified atom stereocenters. The summed E-state index contributed by atoms with van der Waals surface area (Å²) in [5.41, 5.74) is 1.27. The number of hydrogen-bond donors (Lipinski definition) is 1. The number of amides is 1. The van der Waals surface area contributed by atoms with Gasteiger partial charge < -0.3 is 10.1 Å². The van der Waals surface area contributed by atoms with Gasteiger partial charge in [0.05, 0.1) is 0 Å². The van der Waals surface area contributed by atoms with E-state index in [1.54, 1.807) is 0 Å². The van der Waals surface area contributed by atoms with Gasteiger partial charge in [0.1, 0.15) is 4.88 Å². The summed E-state index contributed by atoms with van der Waals surface area (Å²) < 4.78 is 5.11. The number of carbonyl (C=O) groups excluding carboxylic acids is 2. The molecule has 1 aliphatic carbocycles. The minimum atomic E-state index is -0.387. The molecule has 2 rings (SSSR count). The largest absolute Gasteiger partial charge is 0.451 e. The fourth-order valence-electron chi connectivity index (χ4n) is 2.26. The summed E-state index contributed by atoms with van der Waals surface area (Å²) >= 11 is 1.51. The summed E-state index contributed by atoms with van der Waals surface area (Å²) in [6, 6.07) is 2.00. The summed E-state index contributed by atoms with van der Waals surface area (Å²) in [5, 5.41) is 2.82. The number of nitrogens with one attached hydrogen (secondary N) is 1. The van der Waals surface area contributed by atoms with Gasteiger partial charge in [0.25, 0.3) is 5.91 Å². The number of hydrogen-bond acceptors (Lipinski definition) is 4. The fraction of sp³-hybridized carbons (Fsp3) is 0.625. The van der Waals surface area contributed by atoms with E-state index in [1.165, 1.54) is 34.6 Å². The van der Waals surface area contributed by atoms with Crippen molar-refractivity contribution in [1.82, 2.24) is 5.32 Å². The molecular weight excluding hydrogens is 286 g/mol. The molecule has 1 heterocycles. The summed E-state index contributed by atoms with van der Waals surface area (Å²) in [6.45, 7) is 5.80. The third-order valence-electron chi connectivity index (χ3n) is 3.92. The molecular formula is C16H23NO3S. The lowest BCUT2D eigenvalue weighted by Gasteiger charge is -2.17. The minimum Gasteiger partial charge on any atom is -0.451 e. The van der Waals surface area contributed by atoms with Crippen LogP contribution in [0.3, 0.4) is 0 Å². The Bertz CT molecular complexity index is 498. The first-order valence-electron chi connectivity index (χ1n) is 7.55. The molecule has 0 saturated heterocycles. The van der Waals surface area contributed by atoms with Gasteiger partial charge in [-0.15, -0.1) is 11.3 Å². The molecule has 1 amide bonds. The van der Waals surface area contributed by atoms with Crippen LogP contribution in [0.2, 0.25) is 0 Å². The maximum atomic E-state index is 12.0. The number of ether oxygens (including phenoxy) is 1. The first kappa shape index (κ1) is 16.0. The molecule has 1 aromatic heterocycles. The van der Waals surface area contributed by atoms with Crippen LogP contribution < -0.4 is 5.32 Å². The second-order valence-corrected chi connectivity index (χ2v) is 7.08. The number of aryl methyl sites for hydroxylation is 2. The molecule has 0 aliphatic heterocycles.